The Labute approximate surface area is 191 Å². The first-order chi connectivity index (χ1) is 15.6. The van der Waals surface area contributed by atoms with Crippen LogP contribution in [-0.2, 0) is 19.1 Å². The molecule has 4 rings (SSSR count). The lowest BCUT2D eigenvalue weighted by Gasteiger charge is -2.40. The highest BCUT2D eigenvalue weighted by molar-refractivity contribution is 8.00. The molecule has 0 bridgehead atoms. The highest BCUT2D eigenvalue weighted by Gasteiger charge is 2.37. The molecule has 0 aromatic heterocycles. The van der Waals surface area contributed by atoms with E-state index in [1.54, 1.807) is 30.3 Å². The average molecular weight is 477 g/mol. The van der Waals surface area contributed by atoms with Crippen molar-refractivity contribution in [3.63, 3.8) is 0 Å². The predicted molar refractivity (Wildman–Crippen MR) is 117 cm³/mol. The van der Waals surface area contributed by atoms with Crippen molar-refractivity contribution < 1.29 is 32.6 Å². The molecule has 0 aliphatic carbocycles. The molecule has 4 nitrogen and oxygen atoms in total. The Kier molecular flexibility index (Phi) is 6.36. The summed E-state index contributed by atoms with van der Waals surface area (Å²) in [7, 11) is 0. The van der Waals surface area contributed by atoms with Crippen molar-refractivity contribution in [2.75, 3.05) is 4.90 Å². The first-order valence-corrected chi connectivity index (χ1v) is 10.9. The van der Waals surface area contributed by atoms with Gasteiger partial charge < -0.3 is 15.1 Å². The molecular formula is C24H19F4NO3S. The number of carboxylic acids is 1. The lowest BCUT2D eigenvalue weighted by molar-refractivity contribution is -0.138. The molecule has 33 heavy (non-hydrogen) atoms. The summed E-state index contributed by atoms with van der Waals surface area (Å²) < 4.78 is 54.2. The number of rotatable bonds is 5. The third-order valence-corrected chi connectivity index (χ3v) is 6.77. The fraction of sp³-hybridized carbons (Fsp3) is 0.208. The second kappa shape index (κ2) is 9.07. The van der Waals surface area contributed by atoms with Crippen molar-refractivity contribution in [3.05, 3.63) is 94.8 Å². The third-order valence-electron chi connectivity index (χ3n) is 5.46. The second-order valence-electron chi connectivity index (χ2n) is 7.67. The first kappa shape index (κ1) is 23.1. The van der Waals surface area contributed by atoms with E-state index < -0.39 is 35.0 Å². The van der Waals surface area contributed by atoms with Crippen LogP contribution in [0.2, 0.25) is 0 Å². The Morgan fingerprint density at radius 2 is 1.73 bits per heavy atom. The molecule has 0 fully saturated rings. The van der Waals surface area contributed by atoms with Gasteiger partial charge in [-0.25, -0.2) is 9.18 Å². The fourth-order valence-electron chi connectivity index (χ4n) is 3.84. The maximum atomic E-state index is 13.6. The van der Waals surface area contributed by atoms with Crippen molar-refractivity contribution in [3.8, 4) is 0 Å². The molecule has 3 aromatic rings. The molecule has 9 heteroatoms. The van der Waals surface area contributed by atoms with Gasteiger partial charge in [-0.3, -0.25) is 0 Å². The van der Waals surface area contributed by atoms with Crippen molar-refractivity contribution in [2.24, 2.45) is 0 Å². The van der Waals surface area contributed by atoms with Crippen LogP contribution in [-0.4, -0.2) is 27.7 Å². The molecule has 1 heterocycles. The Bertz CT molecular complexity index is 1170. The summed E-state index contributed by atoms with van der Waals surface area (Å²) >= 11 is 1.41. The number of carbonyl (C=O) groups is 1. The molecule has 2 N–H and O–H groups in total. The number of nitrogens with zero attached hydrogens (tertiary/aromatic N) is 1. The number of hydrogen-bond acceptors (Lipinski definition) is 4. The van der Waals surface area contributed by atoms with E-state index in [-0.39, 0.29) is 17.7 Å². The summed E-state index contributed by atoms with van der Waals surface area (Å²) in [4.78, 5) is 13.4. The average Bonchev–Trinajstić information content (AvgIpc) is 2.77. The zero-order valence-corrected chi connectivity index (χ0v) is 17.9. The van der Waals surface area contributed by atoms with Crippen LogP contribution in [0, 0.1) is 5.82 Å². The number of benzene rings is 3. The van der Waals surface area contributed by atoms with E-state index in [1.165, 1.54) is 28.8 Å². The van der Waals surface area contributed by atoms with Crippen LogP contribution in [0.5, 0.6) is 0 Å². The van der Waals surface area contributed by atoms with Crippen LogP contribution in [0.1, 0.15) is 27.0 Å². The van der Waals surface area contributed by atoms with Crippen molar-refractivity contribution in [2.45, 2.75) is 35.5 Å². The van der Waals surface area contributed by atoms with E-state index >= 15 is 0 Å². The van der Waals surface area contributed by atoms with Gasteiger partial charge in [0.1, 0.15) is 12.0 Å². The summed E-state index contributed by atoms with van der Waals surface area (Å²) in [6, 6.07) is 15.9. The number of anilines is 1. The molecule has 0 amide bonds. The third kappa shape index (κ3) is 4.99. The number of hydrogen-bond donors (Lipinski definition) is 2. The quantitative estimate of drug-likeness (QED) is 0.470. The SMILES string of the molecule is O=C(O)c1ccc(CC2Sc3ccccc3N(Cc3ccc(F)cc3C(F)(F)F)C2O)cc1. The highest BCUT2D eigenvalue weighted by Crippen LogP contribution is 2.43. The number of alkyl halides is 3. The minimum absolute atomic E-state index is 0.138. The number of carboxylic acid groups (broad SMARTS) is 1. The molecule has 1 aliphatic heterocycles. The molecule has 0 saturated carbocycles. The Morgan fingerprint density at radius 3 is 2.39 bits per heavy atom. The lowest BCUT2D eigenvalue weighted by Crippen LogP contribution is -2.46. The number of halogens is 4. The van der Waals surface area contributed by atoms with Crippen LogP contribution < -0.4 is 4.90 Å². The summed E-state index contributed by atoms with van der Waals surface area (Å²) in [6.45, 7) is -0.262. The molecular weight excluding hydrogens is 458 g/mol. The molecule has 3 aromatic carbocycles. The molecule has 2 atom stereocenters. The fourth-order valence-corrected chi connectivity index (χ4v) is 5.17. The number of aliphatic hydroxyl groups is 1. The summed E-state index contributed by atoms with van der Waals surface area (Å²) in [5.41, 5.74) is 0.289. The van der Waals surface area contributed by atoms with E-state index in [4.69, 9.17) is 5.11 Å². The second-order valence-corrected chi connectivity index (χ2v) is 8.95. The van der Waals surface area contributed by atoms with Crippen molar-refractivity contribution in [1.82, 2.24) is 0 Å². The minimum atomic E-state index is -4.74. The summed E-state index contributed by atoms with van der Waals surface area (Å²) in [6.07, 6.45) is -5.50. The van der Waals surface area contributed by atoms with Crippen LogP contribution in [0.15, 0.2) is 71.6 Å². The Balaban J connectivity index is 1.66. The van der Waals surface area contributed by atoms with E-state index in [0.717, 1.165) is 22.6 Å². The summed E-state index contributed by atoms with van der Waals surface area (Å²) in [5.74, 6) is -2.03. The zero-order valence-electron chi connectivity index (χ0n) is 17.1. The molecule has 0 spiro atoms. The van der Waals surface area contributed by atoms with Gasteiger partial charge in [0.25, 0.3) is 0 Å². The normalized spacial score (nSPS) is 18.2. The number of thioether (sulfide) groups is 1. The summed E-state index contributed by atoms with van der Waals surface area (Å²) in [5, 5.41) is 19.8. The van der Waals surface area contributed by atoms with E-state index in [9.17, 15) is 27.5 Å². The Hall–Kier alpha value is -3.04. The number of fused-ring (bicyclic) bond motifs is 1. The van der Waals surface area contributed by atoms with E-state index in [2.05, 4.69) is 0 Å². The monoisotopic (exact) mass is 477 g/mol. The number of aliphatic hydroxyl groups excluding tert-OH is 1. The first-order valence-electron chi connectivity index (χ1n) is 10.0. The largest absolute Gasteiger partial charge is 0.478 e. The highest BCUT2D eigenvalue weighted by atomic mass is 32.2. The van der Waals surface area contributed by atoms with Gasteiger partial charge in [0.05, 0.1) is 22.1 Å². The topological polar surface area (TPSA) is 60.8 Å². The molecule has 1 aliphatic rings. The van der Waals surface area contributed by atoms with Gasteiger partial charge in [-0.1, -0.05) is 30.3 Å². The molecule has 2 unspecified atom stereocenters. The van der Waals surface area contributed by atoms with Crippen LogP contribution in [0.3, 0.4) is 0 Å². The smallest absolute Gasteiger partial charge is 0.416 e. The van der Waals surface area contributed by atoms with Crippen molar-refractivity contribution >= 4 is 23.4 Å². The number of aromatic carboxylic acids is 1. The molecule has 0 saturated heterocycles. The Morgan fingerprint density at radius 1 is 1.03 bits per heavy atom. The van der Waals surface area contributed by atoms with E-state index in [0.29, 0.717) is 18.2 Å². The maximum absolute atomic E-state index is 13.6. The van der Waals surface area contributed by atoms with Crippen LogP contribution in [0.25, 0.3) is 0 Å². The van der Waals surface area contributed by atoms with Gasteiger partial charge in [-0.15, -0.1) is 11.8 Å². The number of para-hydroxylation sites is 1. The van der Waals surface area contributed by atoms with Gasteiger partial charge in [-0.2, -0.15) is 13.2 Å². The van der Waals surface area contributed by atoms with Gasteiger partial charge in [0.2, 0.25) is 0 Å². The van der Waals surface area contributed by atoms with Crippen LogP contribution >= 0.6 is 11.8 Å². The lowest BCUT2D eigenvalue weighted by atomic mass is 10.0. The maximum Gasteiger partial charge on any atom is 0.416 e. The zero-order chi connectivity index (χ0) is 23.8. The van der Waals surface area contributed by atoms with E-state index in [1.807, 2.05) is 6.07 Å². The molecule has 172 valence electrons. The van der Waals surface area contributed by atoms with Gasteiger partial charge in [0.15, 0.2) is 0 Å². The molecule has 0 radical (unpaired) electrons. The minimum Gasteiger partial charge on any atom is -0.478 e. The standard InChI is InChI=1S/C24H19F4NO3S/c25-17-10-9-16(18(12-17)24(26,27)28)13-29-19-3-1-2-4-20(19)33-21(22(29)30)11-14-5-7-15(8-6-14)23(31)32/h1-10,12,21-22,30H,11,13H2,(H,31,32). The van der Waals surface area contributed by atoms with Gasteiger partial charge in [-0.05, 0) is 53.9 Å². The van der Waals surface area contributed by atoms with Crippen molar-refractivity contribution in [1.29, 1.82) is 0 Å². The van der Waals surface area contributed by atoms with Gasteiger partial charge >= 0.3 is 12.1 Å². The van der Waals surface area contributed by atoms with Crippen LogP contribution in [0.4, 0.5) is 23.2 Å². The predicted octanol–water partition coefficient (Wildman–Crippen LogP) is 5.58. The van der Waals surface area contributed by atoms with Gasteiger partial charge in [0, 0.05) is 11.4 Å².